The van der Waals surface area contributed by atoms with Crippen molar-refractivity contribution in [1.82, 2.24) is 15.2 Å². The van der Waals surface area contributed by atoms with Crippen LogP contribution in [0.4, 0.5) is 0 Å². The Hall–Kier alpha value is -2.06. The van der Waals surface area contributed by atoms with Crippen molar-refractivity contribution in [3.63, 3.8) is 0 Å². The molecule has 0 bridgehead atoms. The molecule has 1 saturated heterocycles. The van der Waals surface area contributed by atoms with Crippen LogP contribution in [0.1, 0.15) is 23.2 Å². The van der Waals surface area contributed by atoms with Crippen LogP contribution in [0.2, 0.25) is 10.0 Å². The van der Waals surface area contributed by atoms with Gasteiger partial charge in [0.05, 0.1) is 21.7 Å². The second-order valence-corrected chi connectivity index (χ2v) is 7.81. The zero-order chi connectivity index (χ0) is 20.8. The number of rotatable bonds is 7. The lowest BCUT2D eigenvalue weighted by Gasteiger charge is -2.33. The van der Waals surface area contributed by atoms with Gasteiger partial charge in [-0.2, -0.15) is 0 Å². The molecule has 0 aliphatic carbocycles. The largest absolute Gasteiger partial charge is 0.490 e. The summed E-state index contributed by atoms with van der Waals surface area (Å²) in [6, 6.07) is 7.96. The monoisotopic (exact) mass is 439 g/mol. The lowest BCUT2D eigenvalue weighted by Crippen LogP contribution is -2.45. The first-order chi connectivity index (χ1) is 13.9. The summed E-state index contributed by atoms with van der Waals surface area (Å²) < 4.78 is 5.97. The third kappa shape index (κ3) is 6.47. The van der Waals surface area contributed by atoms with Crippen molar-refractivity contribution in [3.8, 4) is 5.75 Å². The molecule has 1 amide bonds. The van der Waals surface area contributed by atoms with Gasteiger partial charge in [0, 0.05) is 44.5 Å². The van der Waals surface area contributed by atoms with E-state index in [1.54, 1.807) is 18.2 Å². The number of pyridine rings is 1. The Balaban J connectivity index is 1.38. The number of hydrogen-bond donors (Lipinski definition) is 3. The predicted octanol–water partition coefficient (Wildman–Crippen LogP) is 2.32. The number of ether oxygens (including phenoxy) is 1. The lowest BCUT2D eigenvalue weighted by molar-refractivity contribution is 0.0594. The minimum atomic E-state index is -0.686. The average molecular weight is 440 g/mol. The SMILES string of the molecule is O=C(NCC(O)CN1CCC(Oc2ccc(Cl)c(Cl)c2)CC1)c1ccc(=O)[nH]c1. The molecule has 3 N–H and O–H groups in total. The van der Waals surface area contributed by atoms with Crippen molar-refractivity contribution in [3.05, 3.63) is 62.5 Å². The number of aliphatic hydroxyl groups is 1. The van der Waals surface area contributed by atoms with Gasteiger partial charge in [-0.1, -0.05) is 23.2 Å². The molecule has 156 valence electrons. The maximum atomic E-state index is 12.0. The van der Waals surface area contributed by atoms with Crippen molar-refractivity contribution < 1.29 is 14.6 Å². The number of β-amino-alcohol motifs (C(OH)–C–C–N with tert-alkyl or cyclic N) is 1. The second kappa shape index (κ2) is 10.1. The van der Waals surface area contributed by atoms with Gasteiger partial charge in [-0.15, -0.1) is 0 Å². The molecule has 1 aromatic heterocycles. The normalized spacial score (nSPS) is 16.4. The van der Waals surface area contributed by atoms with Crippen LogP contribution in [0, 0.1) is 0 Å². The Kier molecular flexibility index (Phi) is 7.55. The molecule has 7 nitrogen and oxygen atoms in total. The highest BCUT2D eigenvalue weighted by molar-refractivity contribution is 6.42. The zero-order valence-electron chi connectivity index (χ0n) is 15.7. The number of aliphatic hydroxyl groups excluding tert-OH is 1. The van der Waals surface area contributed by atoms with Gasteiger partial charge in [0.15, 0.2) is 0 Å². The second-order valence-electron chi connectivity index (χ2n) is 7.00. The maximum Gasteiger partial charge on any atom is 0.252 e. The van der Waals surface area contributed by atoms with E-state index in [0.29, 0.717) is 27.9 Å². The number of nitrogens with zero attached hydrogens (tertiary/aromatic N) is 1. The molecule has 9 heteroatoms. The number of nitrogens with one attached hydrogen (secondary N) is 2. The van der Waals surface area contributed by atoms with E-state index >= 15 is 0 Å². The van der Waals surface area contributed by atoms with Crippen LogP contribution in [0.5, 0.6) is 5.75 Å². The predicted molar refractivity (Wildman–Crippen MR) is 112 cm³/mol. The lowest BCUT2D eigenvalue weighted by atomic mass is 10.1. The van der Waals surface area contributed by atoms with Crippen molar-refractivity contribution in [1.29, 1.82) is 0 Å². The van der Waals surface area contributed by atoms with Crippen molar-refractivity contribution >= 4 is 29.1 Å². The van der Waals surface area contributed by atoms with E-state index in [4.69, 9.17) is 27.9 Å². The van der Waals surface area contributed by atoms with Gasteiger partial charge in [-0.25, -0.2) is 0 Å². The number of carbonyl (C=O) groups excluding carboxylic acids is 1. The topological polar surface area (TPSA) is 94.7 Å². The van der Waals surface area contributed by atoms with Crippen LogP contribution in [0.25, 0.3) is 0 Å². The Morgan fingerprint density at radius 1 is 1.24 bits per heavy atom. The van der Waals surface area contributed by atoms with E-state index in [-0.39, 0.29) is 24.1 Å². The molecule has 1 aliphatic rings. The highest BCUT2D eigenvalue weighted by Gasteiger charge is 2.22. The van der Waals surface area contributed by atoms with E-state index in [2.05, 4.69) is 15.2 Å². The first kappa shape index (κ1) is 21.6. The minimum absolute atomic E-state index is 0.0839. The van der Waals surface area contributed by atoms with Crippen LogP contribution >= 0.6 is 23.2 Å². The van der Waals surface area contributed by atoms with Crippen LogP contribution in [-0.2, 0) is 0 Å². The highest BCUT2D eigenvalue weighted by Crippen LogP contribution is 2.28. The van der Waals surface area contributed by atoms with E-state index < -0.39 is 6.10 Å². The standard InChI is InChI=1S/C20H23Cl2N3O4/c21-17-3-2-16(9-18(17)22)29-15-5-7-25(8-6-15)12-14(26)11-24-20(28)13-1-4-19(27)23-10-13/h1-4,9-10,14-15,26H,5-8,11-12H2,(H,23,27)(H,24,28). The van der Waals surface area contributed by atoms with Crippen LogP contribution in [0.3, 0.4) is 0 Å². The third-order valence-corrected chi connectivity index (χ3v) is 5.48. The Morgan fingerprint density at radius 2 is 2.00 bits per heavy atom. The molecule has 2 heterocycles. The third-order valence-electron chi connectivity index (χ3n) is 4.74. The quantitative estimate of drug-likeness (QED) is 0.615. The van der Waals surface area contributed by atoms with Gasteiger partial charge in [0.2, 0.25) is 5.56 Å². The first-order valence-electron chi connectivity index (χ1n) is 9.40. The zero-order valence-corrected chi connectivity index (χ0v) is 17.2. The smallest absolute Gasteiger partial charge is 0.252 e. The molecule has 2 aromatic rings. The summed E-state index contributed by atoms with van der Waals surface area (Å²) in [7, 11) is 0. The molecule has 0 radical (unpaired) electrons. The molecule has 1 atom stereocenters. The number of benzene rings is 1. The number of amides is 1. The van der Waals surface area contributed by atoms with E-state index in [1.807, 2.05) is 0 Å². The fourth-order valence-corrected chi connectivity index (χ4v) is 3.47. The summed E-state index contributed by atoms with van der Waals surface area (Å²) in [4.78, 5) is 27.6. The Bertz CT molecular complexity index is 877. The molecule has 3 rings (SSSR count). The van der Waals surface area contributed by atoms with Crippen molar-refractivity contribution in [2.45, 2.75) is 25.0 Å². The number of likely N-dealkylation sites (tertiary alicyclic amines) is 1. The van der Waals surface area contributed by atoms with Gasteiger partial charge in [-0.3, -0.25) is 9.59 Å². The van der Waals surface area contributed by atoms with Gasteiger partial charge < -0.3 is 25.0 Å². The van der Waals surface area contributed by atoms with E-state index in [1.165, 1.54) is 18.3 Å². The number of halogens is 2. The summed E-state index contributed by atoms with van der Waals surface area (Å²) in [5, 5.41) is 13.9. The molecule has 29 heavy (non-hydrogen) atoms. The molecular weight excluding hydrogens is 417 g/mol. The number of H-pyrrole nitrogens is 1. The minimum Gasteiger partial charge on any atom is -0.490 e. The van der Waals surface area contributed by atoms with Crippen LogP contribution < -0.4 is 15.6 Å². The summed E-state index contributed by atoms with van der Waals surface area (Å²) in [6.45, 7) is 2.18. The Labute approximate surface area is 178 Å². The highest BCUT2D eigenvalue weighted by atomic mass is 35.5. The summed E-state index contributed by atoms with van der Waals surface area (Å²) in [5.41, 5.74) is 0.0743. The average Bonchev–Trinajstić information content (AvgIpc) is 2.71. The molecule has 1 aliphatic heterocycles. The molecule has 1 aromatic carbocycles. The fraction of sp³-hybridized carbons (Fsp3) is 0.400. The number of carbonyl (C=O) groups is 1. The number of aromatic amines is 1. The fourth-order valence-electron chi connectivity index (χ4n) is 3.18. The number of aromatic nitrogens is 1. The van der Waals surface area contributed by atoms with Gasteiger partial charge in [0.1, 0.15) is 11.9 Å². The summed E-state index contributed by atoms with van der Waals surface area (Å²) in [5.74, 6) is 0.358. The summed E-state index contributed by atoms with van der Waals surface area (Å²) >= 11 is 11.9. The molecular formula is C20H23Cl2N3O4. The molecule has 0 spiro atoms. The first-order valence-corrected chi connectivity index (χ1v) is 10.2. The molecule has 0 saturated carbocycles. The van der Waals surface area contributed by atoms with E-state index in [9.17, 15) is 14.7 Å². The van der Waals surface area contributed by atoms with Gasteiger partial charge >= 0.3 is 0 Å². The van der Waals surface area contributed by atoms with Gasteiger partial charge in [-0.05, 0) is 31.0 Å². The summed E-state index contributed by atoms with van der Waals surface area (Å²) in [6.07, 6.45) is 2.41. The number of piperidine rings is 1. The van der Waals surface area contributed by atoms with Crippen LogP contribution in [-0.4, -0.2) is 59.3 Å². The maximum absolute atomic E-state index is 12.0. The van der Waals surface area contributed by atoms with Crippen molar-refractivity contribution in [2.24, 2.45) is 0 Å². The van der Waals surface area contributed by atoms with Gasteiger partial charge in [0.25, 0.3) is 5.91 Å². The molecule has 1 fully saturated rings. The van der Waals surface area contributed by atoms with Crippen molar-refractivity contribution in [2.75, 3.05) is 26.2 Å². The van der Waals surface area contributed by atoms with Crippen LogP contribution in [0.15, 0.2) is 41.3 Å². The number of hydrogen-bond acceptors (Lipinski definition) is 5. The van der Waals surface area contributed by atoms with E-state index in [0.717, 1.165) is 25.9 Å². The Morgan fingerprint density at radius 3 is 2.66 bits per heavy atom. The molecule has 1 unspecified atom stereocenters.